The predicted octanol–water partition coefficient (Wildman–Crippen LogP) is 3.57. The Morgan fingerprint density at radius 3 is 2.79 bits per heavy atom. The van der Waals surface area contributed by atoms with Crippen LogP contribution in [0.3, 0.4) is 0 Å². The van der Waals surface area contributed by atoms with Gasteiger partial charge in [-0.05, 0) is 81.1 Å². The highest BCUT2D eigenvalue weighted by Gasteiger charge is 2.80. The molecule has 6 aliphatic rings. The highest BCUT2D eigenvalue weighted by atomic mass is 16.6. The molecule has 2 N–H and O–H groups in total. The van der Waals surface area contributed by atoms with Gasteiger partial charge in [0.2, 0.25) is 5.91 Å². The summed E-state index contributed by atoms with van der Waals surface area (Å²) >= 11 is 0. The van der Waals surface area contributed by atoms with Gasteiger partial charge in [-0.25, -0.2) is 0 Å². The second kappa shape index (κ2) is 8.29. The van der Waals surface area contributed by atoms with Gasteiger partial charge in [0.05, 0.1) is 4.92 Å². The van der Waals surface area contributed by atoms with Crippen LogP contribution < -0.4 is 10.1 Å². The van der Waals surface area contributed by atoms with E-state index in [9.17, 15) is 20.0 Å². The number of nitro benzene ring substituents is 1. The van der Waals surface area contributed by atoms with Crippen LogP contribution in [0.25, 0.3) is 6.08 Å². The molecule has 9 heteroatoms. The van der Waals surface area contributed by atoms with Crippen molar-refractivity contribution < 1.29 is 24.3 Å². The molecular weight excluding hydrogens is 498 g/mol. The number of piperidine rings is 1. The molecule has 2 spiro atoms. The van der Waals surface area contributed by atoms with Crippen molar-refractivity contribution >= 4 is 17.7 Å². The second-order valence-corrected chi connectivity index (χ2v) is 12.0. The maximum absolute atomic E-state index is 12.9. The Bertz CT molecular complexity index is 1410. The number of aromatic hydroxyl groups is 1. The van der Waals surface area contributed by atoms with Gasteiger partial charge in [-0.15, -0.1) is 0 Å². The highest BCUT2D eigenvalue weighted by molar-refractivity contribution is 5.91. The van der Waals surface area contributed by atoms with Crippen LogP contribution in [0.1, 0.15) is 42.4 Å². The first kappa shape index (κ1) is 24.6. The Morgan fingerprint density at radius 1 is 1.26 bits per heavy atom. The van der Waals surface area contributed by atoms with E-state index in [0.29, 0.717) is 23.9 Å². The van der Waals surface area contributed by atoms with Gasteiger partial charge in [-0.3, -0.25) is 14.9 Å². The number of hydrogen-bond donors (Lipinski definition) is 2. The molecule has 2 aromatic rings. The van der Waals surface area contributed by atoms with Crippen LogP contribution in [-0.4, -0.2) is 65.8 Å². The third-order valence-electron chi connectivity index (χ3n) is 10.8. The van der Waals surface area contributed by atoms with E-state index in [1.165, 1.54) is 29.3 Å². The standard InChI is InChI=1S/C30H33N3O6/c1-32-14-13-29-25-19-6-9-22(34)26(25)39-27(29)30(38-2)12-11-28(29,23(32)15-19)16-20(30)17-31-24(35)10-5-18-3-7-21(8-4-18)33(36)37/h3-10,20,23,27,34H,11-17H2,1-2H3,(H,31,35)/b10-5+/t20-,23-,27-,28-,29+,30-/m1/s1. The summed E-state index contributed by atoms with van der Waals surface area (Å²) in [5.41, 5.74) is 2.45. The summed E-state index contributed by atoms with van der Waals surface area (Å²) in [7, 11) is 4.00. The number of methoxy groups -OCH3 is 1. The van der Waals surface area contributed by atoms with Crippen molar-refractivity contribution in [3.05, 3.63) is 69.3 Å². The molecule has 2 aromatic carbocycles. The zero-order valence-corrected chi connectivity index (χ0v) is 22.2. The topological polar surface area (TPSA) is 114 Å². The largest absolute Gasteiger partial charge is 0.504 e. The molecule has 0 unspecified atom stereocenters. The van der Waals surface area contributed by atoms with E-state index in [4.69, 9.17) is 9.47 Å². The normalized spacial score (nSPS) is 35.5. The maximum Gasteiger partial charge on any atom is 0.269 e. The van der Waals surface area contributed by atoms with E-state index >= 15 is 0 Å². The predicted molar refractivity (Wildman–Crippen MR) is 144 cm³/mol. The van der Waals surface area contributed by atoms with Gasteiger partial charge in [-0.2, -0.15) is 0 Å². The zero-order chi connectivity index (χ0) is 27.2. The molecule has 39 heavy (non-hydrogen) atoms. The molecule has 8 rings (SSSR count). The summed E-state index contributed by atoms with van der Waals surface area (Å²) in [5, 5.41) is 24.9. The quantitative estimate of drug-likeness (QED) is 0.333. The lowest BCUT2D eigenvalue weighted by Crippen LogP contribution is -2.81. The summed E-state index contributed by atoms with van der Waals surface area (Å²) in [6, 6.07) is 10.3. The van der Waals surface area contributed by atoms with E-state index in [2.05, 4.69) is 23.3 Å². The maximum atomic E-state index is 12.9. The van der Waals surface area contributed by atoms with Crippen LogP contribution in [0.4, 0.5) is 5.69 Å². The van der Waals surface area contributed by atoms with E-state index < -0.39 is 10.5 Å². The number of likely N-dealkylation sites (tertiary alicyclic amines) is 1. The third-order valence-corrected chi connectivity index (χ3v) is 10.8. The molecule has 1 saturated heterocycles. The summed E-state index contributed by atoms with van der Waals surface area (Å²) in [6.45, 7) is 1.44. The highest BCUT2D eigenvalue weighted by Crippen LogP contribution is 2.76. The monoisotopic (exact) mass is 531 g/mol. The van der Waals surface area contributed by atoms with E-state index in [1.807, 2.05) is 0 Å². The van der Waals surface area contributed by atoms with Crippen molar-refractivity contribution in [2.45, 2.75) is 55.3 Å². The number of phenolic OH excluding ortho intramolecular Hbond substituents is 1. The van der Waals surface area contributed by atoms with Gasteiger partial charge in [0.1, 0.15) is 11.7 Å². The van der Waals surface area contributed by atoms with Gasteiger partial charge in [0.25, 0.3) is 5.69 Å². The molecule has 0 aromatic heterocycles. The minimum absolute atomic E-state index is 0.0129. The van der Waals surface area contributed by atoms with Crippen molar-refractivity contribution in [2.75, 3.05) is 27.2 Å². The number of nitrogens with zero attached hydrogens (tertiary/aromatic N) is 2. The number of fused-ring (bicyclic) bond motifs is 2. The number of non-ortho nitro benzene ring substituents is 1. The van der Waals surface area contributed by atoms with Crippen LogP contribution in [0.15, 0.2) is 42.5 Å². The number of likely N-dealkylation sites (N-methyl/N-ethyl adjacent to an activating group) is 1. The lowest BCUT2D eigenvalue weighted by atomic mass is 9.35. The fourth-order valence-electron chi connectivity index (χ4n) is 9.23. The van der Waals surface area contributed by atoms with Gasteiger partial charge >= 0.3 is 0 Å². The number of phenols is 1. The van der Waals surface area contributed by atoms with Crippen molar-refractivity contribution in [3.63, 3.8) is 0 Å². The Kier molecular flexibility index (Phi) is 5.23. The molecule has 6 atom stereocenters. The number of carbonyl (C=O) groups excluding carboxylic acids is 1. The van der Waals surface area contributed by atoms with Crippen LogP contribution in [0.2, 0.25) is 0 Å². The van der Waals surface area contributed by atoms with Crippen molar-refractivity contribution in [3.8, 4) is 11.5 Å². The molecule has 1 amide bonds. The Labute approximate surface area is 226 Å². The zero-order valence-electron chi connectivity index (χ0n) is 22.2. The van der Waals surface area contributed by atoms with Crippen LogP contribution >= 0.6 is 0 Å². The average Bonchev–Trinajstić information content (AvgIpc) is 3.31. The fraction of sp³-hybridized carbons (Fsp3) is 0.500. The molecular formula is C30H33N3O6. The number of nitrogens with one attached hydrogen (secondary N) is 1. The van der Waals surface area contributed by atoms with E-state index in [1.54, 1.807) is 31.4 Å². The summed E-state index contributed by atoms with van der Waals surface area (Å²) < 4.78 is 13.2. The average molecular weight is 532 g/mol. The first-order valence-electron chi connectivity index (χ1n) is 13.7. The minimum Gasteiger partial charge on any atom is -0.504 e. The molecule has 2 aliphatic heterocycles. The Hall–Kier alpha value is -3.43. The number of ether oxygens (including phenoxy) is 2. The number of hydrogen-bond acceptors (Lipinski definition) is 7. The van der Waals surface area contributed by atoms with E-state index in [0.717, 1.165) is 38.6 Å². The SMILES string of the molecule is CO[C@]12CC[C@@]3(C[C@@H]1CNC(=O)/C=C/c1ccc([N+](=O)[O-])cc1)[C@H]1Cc4ccc(O)c5c4[C@@]3(CCN1C)[C@H]2O5. The van der Waals surface area contributed by atoms with Gasteiger partial charge in [0, 0.05) is 60.2 Å². The van der Waals surface area contributed by atoms with Crippen LogP contribution in [0.5, 0.6) is 11.5 Å². The van der Waals surface area contributed by atoms with Gasteiger partial charge in [0.15, 0.2) is 11.5 Å². The number of rotatable bonds is 6. The second-order valence-electron chi connectivity index (χ2n) is 12.0. The van der Waals surface area contributed by atoms with Crippen LogP contribution in [0, 0.1) is 21.4 Å². The lowest BCUT2D eigenvalue weighted by molar-refractivity contribution is -0.384. The first-order chi connectivity index (χ1) is 18.8. The van der Waals surface area contributed by atoms with Crippen molar-refractivity contribution in [1.29, 1.82) is 0 Å². The number of nitro groups is 1. The summed E-state index contributed by atoms with van der Waals surface area (Å²) in [6.07, 6.45) is 7.64. The fourth-order valence-corrected chi connectivity index (χ4v) is 9.23. The summed E-state index contributed by atoms with van der Waals surface area (Å²) in [4.78, 5) is 25.8. The Balaban J connectivity index is 1.19. The molecule has 4 fully saturated rings. The molecule has 3 saturated carbocycles. The Morgan fingerprint density at radius 2 is 2.05 bits per heavy atom. The van der Waals surface area contributed by atoms with Gasteiger partial charge < -0.3 is 24.8 Å². The molecule has 2 heterocycles. The van der Waals surface area contributed by atoms with E-state index in [-0.39, 0.29) is 40.2 Å². The number of amides is 1. The summed E-state index contributed by atoms with van der Waals surface area (Å²) in [5.74, 6) is 0.684. The van der Waals surface area contributed by atoms with Crippen molar-refractivity contribution in [1.82, 2.24) is 10.2 Å². The molecule has 204 valence electrons. The van der Waals surface area contributed by atoms with Crippen molar-refractivity contribution in [2.24, 2.45) is 11.3 Å². The molecule has 0 radical (unpaired) electrons. The molecule has 9 nitrogen and oxygen atoms in total. The van der Waals surface area contributed by atoms with Crippen LogP contribution in [-0.2, 0) is 21.4 Å². The molecule has 4 aliphatic carbocycles. The smallest absolute Gasteiger partial charge is 0.269 e. The minimum atomic E-state index is -0.572. The number of carbonyl (C=O) groups is 1. The molecule has 4 bridgehead atoms. The third kappa shape index (κ3) is 3.05. The first-order valence-corrected chi connectivity index (χ1v) is 13.7. The number of benzene rings is 2. The lowest BCUT2D eigenvalue weighted by Gasteiger charge is -2.73. The van der Waals surface area contributed by atoms with Gasteiger partial charge in [-0.1, -0.05) is 6.07 Å².